The maximum Gasteiger partial charge on any atom is 0.166 e. The van der Waals surface area contributed by atoms with Crippen molar-refractivity contribution in [2.24, 2.45) is 0 Å². The molecule has 0 aliphatic carbocycles. The van der Waals surface area contributed by atoms with Crippen LogP contribution in [0.15, 0.2) is 39.5 Å². The highest BCUT2D eigenvalue weighted by molar-refractivity contribution is 9.10. The lowest BCUT2D eigenvalue weighted by molar-refractivity contribution is 0.504. The molecule has 0 aromatic carbocycles. The first-order valence-electron chi connectivity index (χ1n) is 4.71. The molecule has 0 saturated heterocycles. The van der Waals surface area contributed by atoms with Crippen molar-refractivity contribution in [2.75, 3.05) is 11.9 Å². The van der Waals surface area contributed by atoms with Crippen molar-refractivity contribution in [2.45, 2.75) is 6.54 Å². The summed E-state index contributed by atoms with van der Waals surface area (Å²) in [5.41, 5.74) is 0. The number of hydrogen-bond acceptors (Lipinski definition) is 3. The van der Waals surface area contributed by atoms with Crippen molar-refractivity contribution in [3.05, 3.63) is 46.7 Å². The Hall–Kier alpha value is -1.36. The summed E-state index contributed by atoms with van der Waals surface area (Å²) in [6, 6.07) is 5.03. The number of aromatic nitrogens is 1. The standard InChI is InChI=1S/C11H10BrFN2O/c1-15(7-9-3-2-4-16-9)11-10(13)5-8(12)6-14-11/h2-6H,7H2,1H3. The van der Waals surface area contributed by atoms with Crippen LogP contribution in [0, 0.1) is 5.82 Å². The molecule has 2 rings (SSSR count). The van der Waals surface area contributed by atoms with Crippen LogP contribution in [-0.2, 0) is 6.54 Å². The van der Waals surface area contributed by atoms with Crippen LogP contribution in [0.2, 0.25) is 0 Å². The number of furan rings is 1. The molecule has 0 bridgehead atoms. The number of anilines is 1. The molecule has 0 saturated carbocycles. The Bertz CT molecular complexity index is 473. The minimum absolute atomic E-state index is 0.305. The Balaban J connectivity index is 2.17. The van der Waals surface area contributed by atoms with Crippen LogP contribution in [0.1, 0.15) is 5.76 Å². The second-order valence-corrected chi connectivity index (χ2v) is 4.31. The van der Waals surface area contributed by atoms with Gasteiger partial charge in [-0.15, -0.1) is 0 Å². The first-order chi connectivity index (χ1) is 7.66. The smallest absolute Gasteiger partial charge is 0.166 e. The molecule has 0 unspecified atom stereocenters. The zero-order valence-corrected chi connectivity index (χ0v) is 10.2. The molecule has 2 aromatic heterocycles. The van der Waals surface area contributed by atoms with Gasteiger partial charge in [-0.1, -0.05) is 0 Å². The van der Waals surface area contributed by atoms with E-state index in [1.807, 2.05) is 6.07 Å². The largest absolute Gasteiger partial charge is 0.467 e. The number of hydrogen-bond donors (Lipinski definition) is 0. The third-order valence-corrected chi connectivity index (χ3v) is 2.56. The predicted octanol–water partition coefficient (Wildman–Crippen LogP) is 3.21. The molecule has 0 atom stereocenters. The Morgan fingerprint density at radius 3 is 3.00 bits per heavy atom. The molecule has 2 aromatic rings. The fourth-order valence-electron chi connectivity index (χ4n) is 1.40. The molecule has 84 valence electrons. The Kier molecular flexibility index (Phi) is 3.24. The first-order valence-corrected chi connectivity index (χ1v) is 5.50. The molecule has 0 spiro atoms. The van der Waals surface area contributed by atoms with E-state index in [0.717, 1.165) is 5.76 Å². The summed E-state index contributed by atoms with van der Waals surface area (Å²) in [7, 11) is 1.77. The van der Waals surface area contributed by atoms with Gasteiger partial charge in [-0.2, -0.15) is 0 Å². The summed E-state index contributed by atoms with van der Waals surface area (Å²) < 4.78 is 19.4. The summed E-state index contributed by atoms with van der Waals surface area (Å²) >= 11 is 3.17. The van der Waals surface area contributed by atoms with E-state index in [2.05, 4.69) is 20.9 Å². The van der Waals surface area contributed by atoms with Gasteiger partial charge in [0.15, 0.2) is 11.6 Å². The van der Waals surface area contributed by atoms with Crippen molar-refractivity contribution in [3.8, 4) is 0 Å². The average molecular weight is 285 g/mol. The van der Waals surface area contributed by atoms with Gasteiger partial charge < -0.3 is 9.32 Å². The van der Waals surface area contributed by atoms with Gasteiger partial charge in [0, 0.05) is 17.7 Å². The van der Waals surface area contributed by atoms with Crippen LogP contribution in [0.5, 0.6) is 0 Å². The van der Waals surface area contributed by atoms with Crippen molar-refractivity contribution < 1.29 is 8.81 Å². The third kappa shape index (κ3) is 2.41. The SMILES string of the molecule is CN(Cc1ccco1)c1ncc(Br)cc1F. The Labute approximate surface area is 101 Å². The molecule has 0 aliphatic rings. The normalized spacial score (nSPS) is 10.4. The molecule has 0 fully saturated rings. The first kappa shape index (κ1) is 11.1. The number of pyridine rings is 1. The van der Waals surface area contributed by atoms with Crippen molar-refractivity contribution in [1.82, 2.24) is 4.98 Å². The summed E-state index contributed by atoms with van der Waals surface area (Å²) in [4.78, 5) is 5.72. The van der Waals surface area contributed by atoms with Crippen LogP contribution in [-0.4, -0.2) is 12.0 Å². The fraction of sp³-hybridized carbons (Fsp3) is 0.182. The lowest BCUT2D eigenvalue weighted by Crippen LogP contribution is -2.18. The van der Waals surface area contributed by atoms with Crippen LogP contribution in [0.4, 0.5) is 10.2 Å². The summed E-state index contributed by atoms with van der Waals surface area (Å²) in [5.74, 6) is 0.717. The van der Waals surface area contributed by atoms with E-state index in [1.54, 1.807) is 30.5 Å². The van der Waals surface area contributed by atoms with E-state index in [0.29, 0.717) is 16.8 Å². The van der Waals surface area contributed by atoms with Gasteiger partial charge in [0.1, 0.15) is 5.76 Å². The monoisotopic (exact) mass is 284 g/mol. The van der Waals surface area contributed by atoms with E-state index in [9.17, 15) is 4.39 Å². The highest BCUT2D eigenvalue weighted by Gasteiger charge is 2.11. The second-order valence-electron chi connectivity index (χ2n) is 3.39. The average Bonchev–Trinajstić information content (AvgIpc) is 2.70. The molecule has 16 heavy (non-hydrogen) atoms. The minimum Gasteiger partial charge on any atom is -0.467 e. The topological polar surface area (TPSA) is 29.3 Å². The molecular formula is C11H10BrFN2O. The number of rotatable bonds is 3. The molecule has 0 N–H and O–H groups in total. The molecular weight excluding hydrogens is 275 g/mol. The van der Waals surface area contributed by atoms with Crippen LogP contribution < -0.4 is 4.90 Å². The van der Waals surface area contributed by atoms with E-state index in [1.165, 1.54) is 6.07 Å². The molecule has 5 heteroatoms. The minimum atomic E-state index is -0.358. The fourth-order valence-corrected chi connectivity index (χ4v) is 1.70. The van der Waals surface area contributed by atoms with E-state index >= 15 is 0 Å². The van der Waals surface area contributed by atoms with Crippen molar-refractivity contribution >= 4 is 21.7 Å². The lowest BCUT2D eigenvalue weighted by atomic mass is 10.3. The zero-order chi connectivity index (χ0) is 11.5. The highest BCUT2D eigenvalue weighted by Crippen LogP contribution is 2.20. The van der Waals surface area contributed by atoms with Crippen LogP contribution in [0.25, 0.3) is 0 Å². The van der Waals surface area contributed by atoms with Crippen LogP contribution in [0.3, 0.4) is 0 Å². The number of halogens is 2. The van der Waals surface area contributed by atoms with Crippen LogP contribution >= 0.6 is 15.9 Å². The summed E-state index contributed by atoms with van der Waals surface area (Å²) in [5, 5.41) is 0. The van der Waals surface area contributed by atoms with Gasteiger partial charge in [0.05, 0.1) is 12.8 Å². The van der Waals surface area contributed by atoms with Crippen molar-refractivity contribution in [3.63, 3.8) is 0 Å². The number of nitrogens with zero attached hydrogens (tertiary/aromatic N) is 2. The van der Waals surface area contributed by atoms with E-state index in [-0.39, 0.29) is 5.82 Å². The van der Waals surface area contributed by atoms with Gasteiger partial charge in [-0.25, -0.2) is 9.37 Å². The summed E-state index contributed by atoms with van der Waals surface area (Å²) in [6.45, 7) is 0.485. The maximum atomic E-state index is 13.6. The quantitative estimate of drug-likeness (QED) is 0.867. The van der Waals surface area contributed by atoms with E-state index < -0.39 is 0 Å². The molecule has 2 heterocycles. The van der Waals surface area contributed by atoms with Gasteiger partial charge in [-0.3, -0.25) is 0 Å². The maximum absolute atomic E-state index is 13.6. The molecule has 0 radical (unpaired) electrons. The third-order valence-electron chi connectivity index (χ3n) is 2.12. The van der Waals surface area contributed by atoms with Gasteiger partial charge in [0.25, 0.3) is 0 Å². The zero-order valence-electron chi connectivity index (χ0n) is 8.65. The Morgan fingerprint density at radius 2 is 2.38 bits per heavy atom. The highest BCUT2D eigenvalue weighted by atomic mass is 79.9. The van der Waals surface area contributed by atoms with Gasteiger partial charge >= 0.3 is 0 Å². The van der Waals surface area contributed by atoms with E-state index in [4.69, 9.17) is 4.42 Å². The molecule has 0 amide bonds. The lowest BCUT2D eigenvalue weighted by Gasteiger charge is -2.17. The second kappa shape index (κ2) is 4.65. The Morgan fingerprint density at radius 1 is 1.56 bits per heavy atom. The summed E-state index contributed by atoms with van der Waals surface area (Å²) in [6.07, 6.45) is 3.16. The van der Waals surface area contributed by atoms with Crippen molar-refractivity contribution in [1.29, 1.82) is 0 Å². The molecule has 3 nitrogen and oxygen atoms in total. The van der Waals surface area contributed by atoms with Gasteiger partial charge in [-0.05, 0) is 34.1 Å². The molecule has 0 aliphatic heterocycles. The predicted molar refractivity (Wildman–Crippen MR) is 62.7 cm³/mol. The van der Waals surface area contributed by atoms with Gasteiger partial charge in [0.2, 0.25) is 0 Å².